The summed E-state index contributed by atoms with van der Waals surface area (Å²) in [5, 5.41) is 34.9. The van der Waals surface area contributed by atoms with Gasteiger partial charge in [-0.1, -0.05) is 0 Å². The molecule has 2 atom stereocenters. The van der Waals surface area contributed by atoms with Crippen LogP contribution in [0.1, 0.15) is 25.7 Å². The zero-order valence-corrected chi connectivity index (χ0v) is 13.0. The number of hydrogen-bond donors (Lipinski definition) is 5. The number of carboxylic acid groups (broad SMARTS) is 4. The fourth-order valence-electron chi connectivity index (χ4n) is 1.94. The van der Waals surface area contributed by atoms with Gasteiger partial charge in [-0.2, -0.15) is 0 Å². The van der Waals surface area contributed by atoms with E-state index in [0.717, 1.165) is 0 Å². The molecular formula is C12H19O10P. The van der Waals surface area contributed by atoms with Crippen LogP contribution >= 0.6 is 7.37 Å². The molecule has 0 fully saturated rings. The quantitative estimate of drug-likeness (QED) is 0.307. The highest BCUT2D eigenvalue weighted by Gasteiger charge is 2.34. The largest absolute Gasteiger partial charge is 0.481 e. The van der Waals surface area contributed by atoms with Crippen molar-refractivity contribution in [3.05, 3.63) is 0 Å². The Balaban J connectivity index is 4.87. The van der Waals surface area contributed by atoms with Crippen LogP contribution < -0.4 is 0 Å². The van der Waals surface area contributed by atoms with Crippen molar-refractivity contribution < 1.29 is 49.1 Å². The van der Waals surface area contributed by atoms with Gasteiger partial charge >= 0.3 is 23.9 Å². The van der Waals surface area contributed by atoms with Crippen molar-refractivity contribution in [3.8, 4) is 0 Å². The summed E-state index contributed by atoms with van der Waals surface area (Å²) in [5.41, 5.74) is 0. The molecule has 0 radical (unpaired) electrons. The summed E-state index contributed by atoms with van der Waals surface area (Å²) in [4.78, 5) is 52.7. The molecule has 0 unspecified atom stereocenters. The maximum atomic E-state index is 12.1. The third-order valence-corrected chi connectivity index (χ3v) is 5.15. The minimum absolute atomic E-state index is 0.359. The number of hydrogen-bond acceptors (Lipinski definition) is 5. The summed E-state index contributed by atoms with van der Waals surface area (Å²) < 4.78 is 12.1. The molecule has 0 spiro atoms. The Morgan fingerprint density at radius 3 is 1.26 bits per heavy atom. The molecule has 0 aliphatic carbocycles. The Labute approximate surface area is 131 Å². The molecular weight excluding hydrogens is 335 g/mol. The standard InChI is InChI=1S/C12H19O10P/c13-9(14)3-1-7(11(17)18)5-23(21,22)6-8(12(19)20)2-4-10(15)16/h7-8H,1-6H2,(H,13,14)(H,15,16)(H,17,18)(H,19,20)(H,21,22)/t7-,8-/m0/s1. The van der Waals surface area contributed by atoms with Gasteiger partial charge in [-0.15, -0.1) is 0 Å². The molecule has 5 N–H and O–H groups in total. The molecule has 0 rings (SSSR count). The number of aliphatic carboxylic acids is 4. The maximum absolute atomic E-state index is 12.1. The average Bonchev–Trinajstić information content (AvgIpc) is 2.38. The molecule has 11 heteroatoms. The van der Waals surface area contributed by atoms with Crippen molar-refractivity contribution in [2.75, 3.05) is 12.3 Å². The van der Waals surface area contributed by atoms with Crippen LogP contribution in [0, 0.1) is 11.8 Å². The molecule has 0 aromatic carbocycles. The highest BCUT2D eigenvalue weighted by molar-refractivity contribution is 7.58. The highest BCUT2D eigenvalue weighted by Crippen LogP contribution is 2.46. The Morgan fingerprint density at radius 1 is 0.739 bits per heavy atom. The minimum atomic E-state index is -4.18. The lowest BCUT2D eigenvalue weighted by molar-refractivity contribution is -0.143. The van der Waals surface area contributed by atoms with E-state index in [4.69, 9.17) is 20.4 Å². The van der Waals surface area contributed by atoms with Gasteiger partial charge in [0.05, 0.1) is 11.8 Å². The van der Waals surface area contributed by atoms with E-state index in [9.17, 15) is 28.6 Å². The van der Waals surface area contributed by atoms with Crippen molar-refractivity contribution in [2.45, 2.75) is 25.7 Å². The fourth-order valence-corrected chi connectivity index (χ4v) is 4.15. The fraction of sp³-hybridized carbons (Fsp3) is 0.667. The molecule has 0 aliphatic heterocycles. The van der Waals surface area contributed by atoms with E-state index in [1.165, 1.54) is 0 Å². The summed E-state index contributed by atoms with van der Waals surface area (Å²) in [6, 6.07) is 0. The van der Waals surface area contributed by atoms with Crippen LogP contribution in [0.5, 0.6) is 0 Å². The van der Waals surface area contributed by atoms with Crippen LogP contribution in [0.4, 0.5) is 0 Å². The van der Waals surface area contributed by atoms with Gasteiger partial charge in [-0.05, 0) is 12.8 Å². The van der Waals surface area contributed by atoms with Gasteiger partial charge in [0.15, 0.2) is 0 Å². The second kappa shape index (κ2) is 9.26. The van der Waals surface area contributed by atoms with Crippen LogP contribution in [0.25, 0.3) is 0 Å². The summed E-state index contributed by atoms with van der Waals surface area (Å²) in [6.07, 6.45) is -3.24. The molecule has 0 aliphatic rings. The van der Waals surface area contributed by atoms with Crippen molar-refractivity contribution in [1.29, 1.82) is 0 Å². The topological polar surface area (TPSA) is 186 Å². The van der Waals surface area contributed by atoms with E-state index in [-0.39, 0.29) is 12.8 Å². The van der Waals surface area contributed by atoms with E-state index in [0.29, 0.717) is 0 Å². The first kappa shape index (κ1) is 21.1. The maximum Gasteiger partial charge on any atom is 0.307 e. The van der Waals surface area contributed by atoms with Gasteiger partial charge in [0.25, 0.3) is 0 Å². The number of rotatable bonds is 12. The summed E-state index contributed by atoms with van der Waals surface area (Å²) in [7, 11) is -4.18. The van der Waals surface area contributed by atoms with Gasteiger partial charge in [-0.3, -0.25) is 23.7 Å². The predicted molar refractivity (Wildman–Crippen MR) is 75.6 cm³/mol. The zero-order valence-electron chi connectivity index (χ0n) is 12.1. The van der Waals surface area contributed by atoms with E-state index in [1.807, 2.05) is 0 Å². The van der Waals surface area contributed by atoms with Crippen molar-refractivity contribution >= 4 is 31.2 Å². The second-order valence-electron chi connectivity index (χ2n) is 5.15. The van der Waals surface area contributed by atoms with Gasteiger partial charge in [0.1, 0.15) is 0 Å². The van der Waals surface area contributed by atoms with Gasteiger partial charge in [0, 0.05) is 25.2 Å². The summed E-state index contributed by atoms with van der Waals surface area (Å²) in [6.45, 7) is 0. The van der Waals surface area contributed by atoms with E-state index in [1.54, 1.807) is 0 Å². The molecule has 0 heterocycles. The van der Waals surface area contributed by atoms with Crippen molar-refractivity contribution in [2.24, 2.45) is 11.8 Å². The lowest BCUT2D eigenvalue weighted by Crippen LogP contribution is -2.24. The Bertz CT molecular complexity index is 472. The van der Waals surface area contributed by atoms with Crippen LogP contribution in [-0.2, 0) is 23.7 Å². The van der Waals surface area contributed by atoms with E-state index < -0.39 is 68.2 Å². The first-order valence-electron chi connectivity index (χ1n) is 6.64. The highest BCUT2D eigenvalue weighted by atomic mass is 31.2. The van der Waals surface area contributed by atoms with Gasteiger partial charge < -0.3 is 25.3 Å². The van der Waals surface area contributed by atoms with Crippen molar-refractivity contribution in [1.82, 2.24) is 0 Å². The smallest absolute Gasteiger partial charge is 0.307 e. The van der Waals surface area contributed by atoms with Crippen LogP contribution in [0.3, 0.4) is 0 Å². The molecule has 0 bridgehead atoms. The van der Waals surface area contributed by atoms with Gasteiger partial charge in [0.2, 0.25) is 7.37 Å². The lowest BCUT2D eigenvalue weighted by Gasteiger charge is -2.20. The first-order chi connectivity index (χ1) is 10.4. The van der Waals surface area contributed by atoms with E-state index in [2.05, 4.69) is 0 Å². The second-order valence-corrected chi connectivity index (χ2v) is 7.57. The number of carbonyl (C=O) groups is 4. The molecule has 0 amide bonds. The minimum Gasteiger partial charge on any atom is -0.481 e. The lowest BCUT2D eigenvalue weighted by atomic mass is 10.1. The molecule has 10 nitrogen and oxygen atoms in total. The Kier molecular flexibility index (Phi) is 8.49. The Morgan fingerprint density at radius 2 is 1.04 bits per heavy atom. The Hall–Kier alpha value is -1.93. The third kappa shape index (κ3) is 9.64. The van der Waals surface area contributed by atoms with Crippen LogP contribution in [-0.4, -0.2) is 61.5 Å². The first-order valence-corrected chi connectivity index (χ1v) is 8.67. The van der Waals surface area contributed by atoms with E-state index >= 15 is 0 Å². The molecule has 23 heavy (non-hydrogen) atoms. The number of carboxylic acids is 4. The predicted octanol–water partition coefficient (Wildman–Crippen LogP) is 0.388. The molecule has 0 aromatic rings. The molecule has 0 saturated carbocycles. The average molecular weight is 354 g/mol. The molecule has 132 valence electrons. The zero-order chi connectivity index (χ0) is 18.2. The van der Waals surface area contributed by atoms with Gasteiger partial charge in [-0.25, -0.2) is 0 Å². The summed E-state index contributed by atoms with van der Waals surface area (Å²) in [5.74, 6) is -8.19. The molecule has 0 aromatic heterocycles. The van der Waals surface area contributed by atoms with Crippen LogP contribution in [0.15, 0.2) is 0 Å². The monoisotopic (exact) mass is 354 g/mol. The summed E-state index contributed by atoms with van der Waals surface area (Å²) >= 11 is 0. The molecule has 0 saturated heterocycles. The van der Waals surface area contributed by atoms with Crippen molar-refractivity contribution in [3.63, 3.8) is 0 Å². The SMILES string of the molecule is O=C(O)CC[C@@H](CP(=O)(O)C[C@H](CCC(=O)O)C(=O)O)C(=O)O. The third-order valence-electron chi connectivity index (χ3n) is 3.12. The normalized spacial score (nSPS) is 14.0. The van der Waals surface area contributed by atoms with Crippen LogP contribution in [0.2, 0.25) is 0 Å².